The molecule has 0 radical (unpaired) electrons. The molecule has 2 N–H and O–H groups in total. The Labute approximate surface area is 195 Å². The monoisotopic (exact) mass is 483 g/mol. The zero-order chi connectivity index (χ0) is 23.4. The number of sulfonamides is 1. The molecule has 0 aliphatic heterocycles. The number of methoxy groups -OCH3 is 1. The minimum absolute atomic E-state index is 0.102. The number of benzene rings is 3. The second-order valence-electron chi connectivity index (χ2n) is 6.92. The predicted molar refractivity (Wildman–Crippen MR) is 129 cm³/mol. The van der Waals surface area contributed by atoms with Gasteiger partial charge in [0.05, 0.1) is 29.4 Å². The van der Waals surface area contributed by atoms with Gasteiger partial charge in [-0.3, -0.25) is 9.52 Å². The molecule has 1 aromatic heterocycles. The molecular formula is C23H21N3O5S2. The first-order chi connectivity index (χ1) is 15.9. The number of hydrogen-bond acceptors (Lipinski definition) is 7. The van der Waals surface area contributed by atoms with Gasteiger partial charge in [0.25, 0.3) is 15.9 Å². The molecule has 0 aliphatic rings. The first kappa shape index (κ1) is 22.6. The number of thiazole rings is 1. The standard InChI is InChI=1S/C23H21N3O5S2/c1-3-31-18-8-5-16(6-9-18)26-33(28,29)22-13-17(7-11-20(22)30-2)25-23(27)15-4-10-19-21(12-15)32-14-24-19/h4-14,26H,3H2,1-2H3,(H,25,27). The highest BCUT2D eigenvalue weighted by Crippen LogP contribution is 2.30. The molecule has 0 saturated carbocycles. The van der Waals surface area contributed by atoms with Crippen LogP contribution in [0.3, 0.4) is 0 Å². The zero-order valence-corrected chi connectivity index (χ0v) is 19.5. The fraction of sp³-hybridized carbons (Fsp3) is 0.130. The number of nitrogens with zero attached hydrogens (tertiary/aromatic N) is 1. The molecule has 0 atom stereocenters. The van der Waals surface area contributed by atoms with Gasteiger partial charge in [-0.05, 0) is 67.6 Å². The van der Waals surface area contributed by atoms with Crippen LogP contribution >= 0.6 is 11.3 Å². The molecule has 170 valence electrons. The van der Waals surface area contributed by atoms with E-state index in [4.69, 9.17) is 9.47 Å². The molecule has 10 heteroatoms. The number of ether oxygens (including phenoxy) is 2. The molecule has 1 amide bonds. The third-order valence-corrected chi connectivity index (χ3v) is 6.92. The zero-order valence-electron chi connectivity index (χ0n) is 17.9. The van der Waals surface area contributed by atoms with Crippen molar-refractivity contribution in [2.45, 2.75) is 11.8 Å². The van der Waals surface area contributed by atoms with E-state index in [2.05, 4.69) is 15.0 Å². The van der Waals surface area contributed by atoms with E-state index in [0.717, 1.165) is 10.2 Å². The molecule has 0 spiro atoms. The minimum Gasteiger partial charge on any atom is -0.495 e. The van der Waals surface area contributed by atoms with Crippen LogP contribution in [0, 0.1) is 0 Å². The Morgan fingerprint density at radius 1 is 1.03 bits per heavy atom. The van der Waals surface area contributed by atoms with Gasteiger partial charge in [-0.2, -0.15) is 0 Å². The smallest absolute Gasteiger partial charge is 0.265 e. The van der Waals surface area contributed by atoms with Gasteiger partial charge in [0, 0.05) is 16.9 Å². The molecule has 8 nitrogen and oxygen atoms in total. The summed E-state index contributed by atoms with van der Waals surface area (Å²) in [5, 5.41) is 2.75. The van der Waals surface area contributed by atoms with E-state index < -0.39 is 10.0 Å². The van der Waals surface area contributed by atoms with Crippen molar-refractivity contribution in [3.05, 3.63) is 71.7 Å². The van der Waals surface area contributed by atoms with Crippen molar-refractivity contribution in [2.24, 2.45) is 0 Å². The second kappa shape index (κ2) is 9.47. The summed E-state index contributed by atoms with van der Waals surface area (Å²) >= 11 is 1.44. The highest BCUT2D eigenvalue weighted by molar-refractivity contribution is 7.92. The highest BCUT2D eigenvalue weighted by atomic mass is 32.2. The van der Waals surface area contributed by atoms with Crippen molar-refractivity contribution < 1.29 is 22.7 Å². The van der Waals surface area contributed by atoms with Gasteiger partial charge in [-0.25, -0.2) is 13.4 Å². The maximum Gasteiger partial charge on any atom is 0.265 e. The number of rotatable bonds is 8. The van der Waals surface area contributed by atoms with E-state index in [1.54, 1.807) is 54.0 Å². The van der Waals surface area contributed by atoms with Gasteiger partial charge in [-0.15, -0.1) is 11.3 Å². The van der Waals surface area contributed by atoms with Crippen LogP contribution in [0.2, 0.25) is 0 Å². The van der Waals surface area contributed by atoms with Crippen molar-refractivity contribution >= 4 is 48.9 Å². The van der Waals surface area contributed by atoms with E-state index >= 15 is 0 Å². The van der Waals surface area contributed by atoms with Crippen molar-refractivity contribution in [1.82, 2.24) is 4.98 Å². The lowest BCUT2D eigenvalue weighted by atomic mass is 10.2. The number of carbonyl (C=O) groups is 1. The fourth-order valence-corrected chi connectivity index (χ4v) is 5.13. The van der Waals surface area contributed by atoms with Gasteiger partial charge >= 0.3 is 0 Å². The van der Waals surface area contributed by atoms with Crippen LogP contribution in [0.25, 0.3) is 10.2 Å². The third-order valence-electron chi connectivity index (χ3n) is 4.72. The summed E-state index contributed by atoms with van der Waals surface area (Å²) in [6.07, 6.45) is 0. The largest absolute Gasteiger partial charge is 0.495 e. The average molecular weight is 484 g/mol. The number of carbonyl (C=O) groups excluding carboxylic acids is 1. The van der Waals surface area contributed by atoms with E-state index in [1.165, 1.54) is 30.6 Å². The SMILES string of the molecule is CCOc1ccc(NS(=O)(=O)c2cc(NC(=O)c3ccc4ncsc4c3)ccc2OC)cc1. The van der Waals surface area contributed by atoms with E-state index in [9.17, 15) is 13.2 Å². The highest BCUT2D eigenvalue weighted by Gasteiger charge is 2.21. The normalized spacial score (nSPS) is 11.2. The Morgan fingerprint density at radius 2 is 1.79 bits per heavy atom. The van der Waals surface area contributed by atoms with Gasteiger partial charge in [0.1, 0.15) is 16.4 Å². The number of fused-ring (bicyclic) bond motifs is 1. The summed E-state index contributed by atoms with van der Waals surface area (Å²) in [6, 6.07) is 16.2. The van der Waals surface area contributed by atoms with E-state index in [-0.39, 0.29) is 16.6 Å². The van der Waals surface area contributed by atoms with E-state index in [1.807, 2.05) is 6.92 Å². The van der Waals surface area contributed by atoms with Gasteiger partial charge in [0.15, 0.2) is 0 Å². The topological polar surface area (TPSA) is 107 Å². The molecule has 1 heterocycles. The first-order valence-corrected chi connectivity index (χ1v) is 12.3. The maximum absolute atomic E-state index is 13.1. The molecule has 4 aromatic rings. The summed E-state index contributed by atoms with van der Waals surface area (Å²) in [5.74, 6) is 0.426. The molecule has 0 aliphatic carbocycles. The molecule has 3 aromatic carbocycles. The minimum atomic E-state index is -4.00. The fourth-order valence-electron chi connectivity index (χ4n) is 3.16. The van der Waals surface area contributed by atoms with Crippen molar-refractivity contribution in [3.63, 3.8) is 0 Å². The summed E-state index contributed by atoms with van der Waals surface area (Å²) < 4.78 is 40.2. The molecular weight excluding hydrogens is 462 g/mol. The van der Waals surface area contributed by atoms with Crippen molar-refractivity contribution in [1.29, 1.82) is 0 Å². The summed E-state index contributed by atoms with van der Waals surface area (Å²) in [5.41, 5.74) is 3.66. The lowest BCUT2D eigenvalue weighted by Gasteiger charge is -2.14. The molecule has 33 heavy (non-hydrogen) atoms. The maximum atomic E-state index is 13.1. The molecule has 0 unspecified atom stereocenters. The summed E-state index contributed by atoms with van der Waals surface area (Å²) in [6.45, 7) is 2.38. The quantitative estimate of drug-likeness (QED) is 0.374. The Morgan fingerprint density at radius 3 is 2.52 bits per heavy atom. The first-order valence-electron chi connectivity index (χ1n) is 9.98. The number of amides is 1. The van der Waals surface area contributed by atoms with Crippen LogP contribution in [-0.4, -0.2) is 33.0 Å². The van der Waals surface area contributed by atoms with Crippen molar-refractivity contribution in [3.8, 4) is 11.5 Å². The lowest BCUT2D eigenvalue weighted by molar-refractivity contribution is 0.102. The van der Waals surface area contributed by atoms with Gasteiger partial charge < -0.3 is 14.8 Å². The van der Waals surface area contributed by atoms with Crippen LogP contribution in [0.4, 0.5) is 11.4 Å². The van der Waals surface area contributed by atoms with Crippen LogP contribution in [0.1, 0.15) is 17.3 Å². The molecule has 0 fully saturated rings. The predicted octanol–water partition coefficient (Wildman–Crippen LogP) is 4.76. The Balaban J connectivity index is 1.58. The summed E-state index contributed by atoms with van der Waals surface area (Å²) in [7, 11) is -2.62. The summed E-state index contributed by atoms with van der Waals surface area (Å²) in [4.78, 5) is 16.8. The van der Waals surface area contributed by atoms with Crippen LogP contribution in [-0.2, 0) is 10.0 Å². The van der Waals surface area contributed by atoms with Gasteiger partial charge in [-0.1, -0.05) is 0 Å². The molecule has 0 bridgehead atoms. The van der Waals surface area contributed by atoms with E-state index in [0.29, 0.717) is 29.3 Å². The average Bonchev–Trinajstić information content (AvgIpc) is 3.28. The Kier molecular flexibility index (Phi) is 6.47. The number of hydrogen-bond donors (Lipinski definition) is 2. The molecule has 4 rings (SSSR count). The van der Waals surface area contributed by atoms with Crippen LogP contribution < -0.4 is 19.5 Å². The number of aromatic nitrogens is 1. The number of nitrogens with one attached hydrogen (secondary N) is 2. The van der Waals surface area contributed by atoms with Gasteiger partial charge in [0.2, 0.25) is 0 Å². The van der Waals surface area contributed by atoms with Crippen LogP contribution in [0.15, 0.2) is 71.1 Å². The van der Waals surface area contributed by atoms with Crippen molar-refractivity contribution in [2.75, 3.05) is 23.8 Å². The Hall–Kier alpha value is -3.63. The van der Waals surface area contributed by atoms with Crippen LogP contribution in [0.5, 0.6) is 11.5 Å². The number of anilines is 2. The third kappa shape index (κ3) is 5.07. The molecule has 0 saturated heterocycles. The lowest BCUT2D eigenvalue weighted by Crippen LogP contribution is -2.16. The second-order valence-corrected chi connectivity index (χ2v) is 9.45. The Bertz CT molecular complexity index is 1400.